The lowest BCUT2D eigenvalue weighted by molar-refractivity contribution is -0.138. The molecule has 0 aliphatic heterocycles. The molecule has 1 N–H and O–H groups in total. The highest BCUT2D eigenvalue weighted by molar-refractivity contribution is 7.91. The molecule has 0 saturated heterocycles. The van der Waals surface area contributed by atoms with E-state index in [1.165, 1.54) is 0 Å². The Morgan fingerprint density at radius 1 is 1.21 bits per heavy atom. The maximum atomic E-state index is 11.9. The van der Waals surface area contributed by atoms with Gasteiger partial charge in [-0.3, -0.25) is 4.79 Å². The second-order valence-electron chi connectivity index (χ2n) is 4.62. The molecule has 0 amide bonds. The first-order valence-electron chi connectivity index (χ1n) is 6.44. The zero-order valence-corrected chi connectivity index (χ0v) is 11.9. The predicted molar refractivity (Wildman–Crippen MR) is 75.0 cm³/mol. The summed E-state index contributed by atoms with van der Waals surface area (Å²) in [5.41, 5.74) is 0.536. The number of carboxylic acids is 1. The van der Waals surface area contributed by atoms with Gasteiger partial charge in [0.15, 0.2) is 9.84 Å². The van der Waals surface area contributed by atoms with Gasteiger partial charge in [-0.2, -0.15) is 0 Å². The summed E-state index contributed by atoms with van der Waals surface area (Å²) in [6, 6.07) is 8.52. The molecule has 0 fully saturated rings. The molecule has 19 heavy (non-hydrogen) atoms. The number of hydrogen-bond donors (Lipinski definition) is 1. The Labute approximate surface area is 114 Å². The van der Waals surface area contributed by atoms with Crippen LogP contribution in [0.15, 0.2) is 30.3 Å². The topological polar surface area (TPSA) is 71.4 Å². The summed E-state index contributed by atoms with van der Waals surface area (Å²) in [6.45, 7) is 2.00. The normalized spacial score (nSPS) is 13.1. The quantitative estimate of drug-likeness (QED) is 0.744. The van der Waals surface area contributed by atoms with Crippen molar-refractivity contribution in [3.05, 3.63) is 35.9 Å². The van der Waals surface area contributed by atoms with Crippen LogP contribution in [0.25, 0.3) is 0 Å². The molecule has 1 aromatic carbocycles. The minimum absolute atomic E-state index is 0.0669. The van der Waals surface area contributed by atoms with Crippen LogP contribution in [0.4, 0.5) is 0 Å². The lowest BCUT2D eigenvalue weighted by Crippen LogP contribution is -2.23. The van der Waals surface area contributed by atoms with E-state index < -0.39 is 21.7 Å². The van der Waals surface area contributed by atoms with E-state index in [1.807, 2.05) is 6.92 Å². The number of carboxylic acid groups (broad SMARTS) is 1. The molecule has 0 heterocycles. The summed E-state index contributed by atoms with van der Waals surface area (Å²) in [6.07, 6.45) is 2.39. The van der Waals surface area contributed by atoms with Crippen molar-refractivity contribution < 1.29 is 18.3 Å². The highest BCUT2D eigenvalue weighted by atomic mass is 32.2. The largest absolute Gasteiger partial charge is 0.481 e. The van der Waals surface area contributed by atoms with E-state index in [-0.39, 0.29) is 11.5 Å². The molecule has 4 nitrogen and oxygen atoms in total. The van der Waals surface area contributed by atoms with Gasteiger partial charge >= 0.3 is 5.97 Å². The first kappa shape index (κ1) is 15.7. The molecule has 0 saturated carbocycles. The third kappa shape index (κ3) is 5.42. The van der Waals surface area contributed by atoms with Crippen molar-refractivity contribution in [3.8, 4) is 0 Å². The van der Waals surface area contributed by atoms with Crippen molar-refractivity contribution in [2.75, 3.05) is 11.5 Å². The molecule has 0 bridgehead atoms. The molecule has 0 aromatic heterocycles. The van der Waals surface area contributed by atoms with Gasteiger partial charge in [-0.1, -0.05) is 50.1 Å². The predicted octanol–water partition coefficient (Wildman–Crippen LogP) is 2.46. The highest BCUT2D eigenvalue weighted by Gasteiger charge is 2.26. The third-order valence-electron chi connectivity index (χ3n) is 2.98. The fourth-order valence-corrected chi connectivity index (χ4v) is 3.56. The molecule has 1 atom stereocenters. The van der Waals surface area contributed by atoms with Gasteiger partial charge in [0.05, 0.1) is 17.4 Å². The van der Waals surface area contributed by atoms with Crippen LogP contribution in [-0.2, 0) is 14.6 Å². The molecule has 1 rings (SSSR count). The smallest absolute Gasteiger partial charge is 0.312 e. The second kappa shape index (κ2) is 7.28. The monoisotopic (exact) mass is 284 g/mol. The lowest BCUT2D eigenvalue weighted by Gasteiger charge is -2.13. The van der Waals surface area contributed by atoms with E-state index in [2.05, 4.69) is 0 Å². The van der Waals surface area contributed by atoms with Gasteiger partial charge in [0, 0.05) is 0 Å². The van der Waals surface area contributed by atoms with Gasteiger partial charge in [-0.25, -0.2) is 8.42 Å². The summed E-state index contributed by atoms with van der Waals surface area (Å²) >= 11 is 0. The Hall–Kier alpha value is -1.36. The van der Waals surface area contributed by atoms with E-state index in [1.54, 1.807) is 30.3 Å². The third-order valence-corrected chi connectivity index (χ3v) is 4.73. The summed E-state index contributed by atoms with van der Waals surface area (Å²) in [5.74, 6) is -2.33. The van der Waals surface area contributed by atoms with Gasteiger partial charge in [0.2, 0.25) is 0 Å². The number of sulfone groups is 1. The molecule has 0 aliphatic rings. The van der Waals surface area contributed by atoms with E-state index >= 15 is 0 Å². The molecule has 1 aromatic rings. The number of unbranched alkanes of at least 4 members (excludes halogenated alkanes) is 2. The van der Waals surface area contributed by atoms with Crippen molar-refractivity contribution in [2.24, 2.45) is 0 Å². The molecule has 0 aliphatic carbocycles. The first-order valence-corrected chi connectivity index (χ1v) is 8.26. The molecular formula is C14H20O4S. The van der Waals surface area contributed by atoms with E-state index in [0.717, 1.165) is 12.8 Å². The first-order chi connectivity index (χ1) is 8.96. The average Bonchev–Trinajstić information content (AvgIpc) is 2.37. The Morgan fingerprint density at radius 2 is 1.84 bits per heavy atom. The van der Waals surface area contributed by atoms with E-state index in [4.69, 9.17) is 0 Å². The zero-order valence-electron chi connectivity index (χ0n) is 11.1. The van der Waals surface area contributed by atoms with Crippen molar-refractivity contribution in [3.63, 3.8) is 0 Å². The summed E-state index contributed by atoms with van der Waals surface area (Å²) in [5, 5.41) is 9.20. The zero-order chi connectivity index (χ0) is 14.3. The van der Waals surface area contributed by atoms with Crippen LogP contribution in [0.1, 0.15) is 37.7 Å². The number of rotatable bonds is 8. The average molecular weight is 284 g/mol. The van der Waals surface area contributed by atoms with Gasteiger partial charge in [0.1, 0.15) is 0 Å². The molecule has 5 heteroatoms. The van der Waals surface area contributed by atoms with Gasteiger partial charge in [-0.15, -0.1) is 0 Å². The minimum Gasteiger partial charge on any atom is -0.481 e. The van der Waals surface area contributed by atoms with Crippen LogP contribution in [0, 0.1) is 0 Å². The molecule has 0 spiro atoms. The van der Waals surface area contributed by atoms with Crippen LogP contribution in [-0.4, -0.2) is 31.0 Å². The molecular weight excluding hydrogens is 264 g/mol. The number of aliphatic carboxylic acids is 1. The number of hydrogen-bond acceptors (Lipinski definition) is 3. The Morgan fingerprint density at radius 3 is 2.37 bits per heavy atom. The number of carbonyl (C=O) groups is 1. The Bertz CT molecular complexity index is 493. The Kier molecular flexibility index (Phi) is 6.02. The summed E-state index contributed by atoms with van der Waals surface area (Å²) < 4.78 is 23.9. The fraction of sp³-hybridized carbons (Fsp3) is 0.500. The summed E-state index contributed by atoms with van der Waals surface area (Å²) in [4.78, 5) is 11.2. The molecule has 106 valence electrons. The van der Waals surface area contributed by atoms with E-state index in [9.17, 15) is 18.3 Å². The van der Waals surface area contributed by atoms with Crippen LogP contribution in [0.5, 0.6) is 0 Å². The fourth-order valence-electron chi connectivity index (χ4n) is 1.90. The standard InChI is InChI=1S/C14H20O4S/c1-2-3-7-10-19(17,18)11-13(14(15)16)12-8-5-4-6-9-12/h4-6,8-9,13H,2-3,7,10-11H2,1H3,(H,15,16). The van der Waals surface area contributed by atoms with Crippen LogP contribution in [0.2, 0.25) is 0 Å². The van der Waals surface area contributed by atoms with Gasteiger partial charge in [0.25, 0.3) is 0 Å². The van der Waals surface area contributed by atoms with Crippen molar-refractivity contribution >= 4 is 15.8 Å². The van der Waals surface area contributed by atoms with Gasteiger partial charge in [-0.05, 0) is 12.0 Å². The van der Waals surface area contributed by atoms with Crippen LogP contribution in [0.3, 0.4) is 0 Å². The maximum absolute atomic E-state index is 11.9. The van der Waals surface area contributed by atoms with E-state index in [0.29, 0.717) is 12.0 Å². The SMILES string of the molecule is CCCCCS(=O)(=O)CC(C(=O)O)c1ccccc1. The maximum Gasteiger partial charge on any atom is 0.312 e. The number of benzene rings is 1. The van der Waals surface area contributed by atoms with Crippen molar-refractivity contribution in [1.29, 1.82) is 0 Å². The van der Waals surface area contributed by atoms with Crippen molar-refractivity contribution in [2.45, 2.75) is 32.1 Å². The second-order valence-corrected chi connectivity index (χ2v) is 6.85. The van der Waals surface area contributed by atoms with Crippen molar-refractivity contribution in [1.82, 2.24) is 0 Å². The lowest BCUT2D eigenvalue weighted by atomic mass is 10.0. The molecule has 1 unspecified atom stereocenters. The van der Waals surface area contributed by atoms with Crippen LogP contribution >= 0.6 is 0 Å². The highest BCUT2D eigenvalue weighted by Crippen LogP contribution is 2.19. The Balaban J connectivity index is 2.77. The summed E-state index contributed by atoms with van der Waals surface area (Å²) in [7, 11) is -3.33. The molecule has 0 radical (unpaired) electrons. The van der Waals surface area contributed by atoms with Crippen LogP contribution < -0.4 is 0 Å². The van der Waals surface area contributed by atoms with Gasteiger partial charge < -0.3 is 5.11 Å². The minimum atomic E-state index is -3.33.